The normalized spacial score (nSPS) is 29.5. The van der Waals surface area contributed by atoms with Crippen molar-refractivity contribution in [3.8, 4) is 0 Å². The third-order valence-corrected chi connectivity index (χ3v) is 1.72. The first-order valence-electron chi connectivity index (χ1n) is 3.26. The molecule has 0 bridgehead atoms. The summed E-state index contributed by atoms with van der Waals surface area (Å²) < 4.78 is 4.92. The highest BCUT2D eigenvalue weighted by molar-refractivity contribution is 5.71. The fraction of sp³-hybridized carbons (Fsp3) is 0.833. The Hall–Kier alpha value is -0.770. The monoisotopic (exact) mass is 144 g/mol. The highest BCUT2D eigenvalue weighted by atomic mass is 16.6. The number of hydrogen-bond donors (Lipinski definition) is 2. The molecule has 1 amide bonds. The van der Waals surface area contributed by atoms with Gasteiger partial charge in [-0.05, 0) is 13.8 Å². The lowest BCUT2D eigenvalue weighted by atomic mass is 10.0. The van der Waals surface area contributed by atoms with Crippen LogP contribution in [0, 0.1) is 0 Å². The summed E-state index contributed by atoms with van der Waals surface area (Å²) in [6.45, 7) is 4.09. The predicted octanol–water partition coefficient (Wildman–Crippen LogP) is -0.168. The van der Waals surface area contributed by atoms with Gasteiger partial charge in [-0.3, -0.25) is 0 Å². The van der Waals surface area contributed by atoms with Crippen LogP contribution in [0.4, 0.5) is 4.79 Å². The van der Waals surface area contributed by atoms with Gasteiger partial charge in [0.05, 0.1) is 6.04 Å². The van der Waals surface area contributed by atoms with Crippen LogP contribution in [0.3, 0.4) is 0 Å². The number of nitrogens with one attached hydrogen (secondary N) is 1. The molecule has 0 saturated carbocycles. The fourth-order valence-electron chi connectivity index (χ4n) is 0.998. The zero-order valence-corrected chi connectivity index (χ0v) is 6.18. The molecule has 10 heavy (non-hydrogen) atoms. The Bertz CT molecular complexity index is 156. The number of cyclic esters (lactones) is 1. The van der Waals surface area contributed by atoms with Gasteiger partial charge in [-0.2, -0.15) is 0 Å². The molecule has 1 atom stereocenters. The maximum atomic E-state index is 10.6. The summed E-state index contributed by atoms with van der Waals surface area (Å²) in [6.07, 6.45) is -0.375. The molecule has 0 spiro atoms. The van der Waals surface area contributed by atoms with Crippen molar-refractivity contribution in [1.82, 2.24) is 5.32 Å². The van der Waals surface area contributed by atoms with Gasteiger partial charge in [-0.25, -0.2) is 4.79 Å². The molecule has 58 valence electrons. The molecule has 1 aliphatic heterocycles. The summed E-state index contributed by atoms with van der Waals surface area (Å²) in [6, 6.07) is -0.0556. The van der Waals surface area contributed by atoms with Gasteiger partial charge in [-0.15, -0.1) is 0 Å². The molecule has 0 aliphatic carbocycles. The van der Waals surface area contributed by atoms with E-state index in [2.05, 4.69) is 5.32 Å². The number of carbonyl (C=O) groups excluding carboxylic acids is 1. The van der Waals surface area contributed by atoms with E-state index in [1.165, 1.54) is 0 Å². The second-order valence-electron chi connectivity index (χ2n) is 2.93. The van der Waals surface area contributed by atoms with Gasteiger partial charge in [0.15, 0.2) is 0 Å². The van der Waals surface area contributed by atoms with Crippen molar-refractivity contribution in [3.05, 3.63) is 0 Å². The van der Waals surface area contributed by atoms with Crippen LogP contribution >= 0.6 is 0 Å². The minimum absolute atomic E-state index is 0.0556. The Labute approximate surface area is 59.7 Å². The van der Waals surface area contributed by atoms with Crippen molar-refractivity contribution in [2.75, 3.05) is 6.54 Å². The van der Waals surface area contributed by atoms with E-state index in [0.29, 0.717) is 6.54 Å². The highest BCUT2D eigenvalue weighted by Gasteiger charge is 2.39. The number of rotatable bonds is 1. The molecule has 0 aromatic carbocycles. The van der Waals surface area contributed by atoms with E-state index in [1.54, 1.807) is 0 Å². The number of carbonyl (C=O) groups is 1. The third kappa shape index (κ3) is 1.07. The van der Waals surface area contributed by atoms with Gasteiger partial charge in [0, 0.05) is 6.54 Å². The quantitative estimate of drug-likeness (QED) is 0.537. The van der Waals surface area contributed by atoms with E-state index in [1.807, 2.05) is 13.8 Å². The second-order valence-corrected chi connectivity index (χ2v) is 2.93. The Morgan fingerprint density at radius 3 is 2.60 bits per heavy atom. The van der Waals surface area contributed by atoms with E-state index in [9.17, 15) is 4.79 Å². The summed E-state index contributed by atoms with van der Waals surface area (Å²) in [7, 11) is 0. The molecule has 1 unspecified atom stereocenters. The lowest BCUT2D eigenvalue weighted by Gasteiger charge is -2.21. The van der Waals surface area contributed by atoms with Crippen LogP contribution in [-0.2, 0) is 4.74 Å². The zero-order chi connectivity index (χ0) is 7.78. The molecule has 1 aliphatic rings. The van der Waals surface area contributed by atoms with Crippen molar-refractivity contribution in [2.45, 2.75) is 25.5 Å². The molecular formula is C6H12N2O2. The first-order chi connectivity index (χ1) is 4.56. The van der Waals surface area contributed by atoms with E-state index in [0.717, 1.165) is 0 Å². The summed E-state index contributed by atoms with van der Waals surface area (Å²) in [5, 5.41) is 2.61. The SMILES string of the molecule is CC1(C)OC(=O)NC1CN. The molecule has 4 heteroatoms. The van der Waals surface area contributed by atoms with Crippen LogP contribution in [-0.4, -0.2) is 24.3 Å². The first kappa shape index (κ1) is 7.34. The Balaban J connectivity index is 2.67. The largest absolute Gasteiger partial charge is 0.441 e. The molecule has 1 heterocycles. The molecule has 4 nitrogen and oxygen atoms in total. The predicted molar refractivity (Wildman–Crippen MR) is 36.5 cm³/mol. The minimum Gasteiger partial charge on any atom is -0.441 e. The summed E-state index contributed by atoms with van der Waals surface area (Å²) in [4.78, 5) is 10.6. The maximum absolute atomic E-state index is 10.6. The van der Waals surface area contributed by atoms with Gasteiger partial charge in [0.1, 0.15) is 5.60 Å². The molecular weight excluding hydrogens is 132 g/mol. The van der Waals surface area contributed by atoms with Crippen LogP contribution < -0.4 is 11.1 Å². The summed E-state index contributed by atoms with van der Waals surface area (Å²) in [5.41, 5.74) is 4.92. The van der Waals surface area contributed by atoms with E-state index >= 15 is 0 Å². The lowest BCUT2D eigenvalue weighted by molar-refractivity contribution is 0.0701. The summed E-state index contributed by atoms with van der Waals surface area (Å²) in [5.74, 6) is 0. The minimum atomic E-state index is -0.453. The van der Waals surface area contributed by atoms with Gasteiger partial charge in [-0.1, -0.05) is 0 Å². The first-order valence-corrected chi connectivity index (χ1v) is 3.26. The molecule has 0 radical (unpaired) electrons. The average Bonchev–Trinajstić information content (AvgIpc) is 2.04. The van der Waals surface area contributed by atoms with Crippen LogP contribution in [0.15, 0.2) is 0 Å². The maximum Gasteiger partial charge on any atom is 0.408 e. The second kappa shape index (κ2) is 2.12. The van der Waals surface area contributed by atoms with Crippen LogP contribution in [0.2, 0.25) is 0 Å². The smallest absolute Gasteiger partial charge is 0.408 e. The fourth-order valence-corrected chi connectivity index (χ4v) is 0.998. The zero-order valence-electron chi connectivity index (χ0n) is 6.18. The summed E-state index contributed by atoms with van der Waals surface area (Å²) >= 11 is 0. The van der Waals surface area contributed by atoms with Gasteiger partial charge >= 0.3 is 6.09 Å². The highest BCUT2D eigenvalue weighted by Crippen LogP contribution is 2.19. The Kier molecular flexibility index (Phi) is 1.56. The number of ether oxygens (including phenoxy) is 1. The molecule has 1 fully saturated rings. The van der Waals surface area contributed by atoms with Crippen LogP contribution in [0.25, 0.3) is 0 Å². The number of alkyl carbamates (subject to hydrolysis) is 1. The van der Waals surface area contributed by atoms with Crippen molar-refractivity contribution < 1.29 is 9.53 Å². The number of nitrogens with two attached hydrogens (primary N) is 1. The average molecular weight is 144 g/mol. The van der Waals surface area contributed by atoms with Gasteiger partial charge in [0.25, 0.3) is 0 Å². The van der Waals surface area contributed by atoms with Crippen molar-refractivity contribution in [1.29, 1.82) is 0 Å². The topological polar surface area (TPSA) is 64.3 Å². The van der Waals surface area contributed by atoms with Gasteiger partial charge in [0.2, 0.25) is 0 Å². The number of amides is 1. The standard InChI is InChI=1S/C6H12N2O2/c1-6(2)4(3-7)8-5(9)10-6/h4H,3,7H2,1-2H3,(H,8,9). The van der Waals surface area contributed by atoms with E-state index in [4.69, 9.17) is 10.5 Å². The van der Waals surface area contributed by atoms with E-state index in [-0.39, 0.29) is 12.1 Å². The molecule has 3 N–H and O–H groups in total. The molecule has 1 rings (SSSR count). The Morgan fingerprint density at radius 1 is 1.80 bits per heavy atom. The van der Waals surface area contributed by atoms with Crippen molar-refractivity contribution in [3.63, 3.8) is 0 Å². The van der Waals surface area contributed by atoms with Gasteiger partial charge < -0.3 is 15.8 Å². The van der Waals surface area contributed by atoms with Crippen LogP contribution in [0.5, 0.6) is 0 Å². The third-order valence-electron chi connectivity index (χ3n) is 1.72. The van der Waals surface area contributed by atoms with E-state index < -0.39 is 5.60 Å². The van der Waals surface area contributed by atoms with Crippen molar-refractivity contribution in [2.24, 2.45) is 5.73 Å². The molecule has 1 saturated heterocycles. The van der Waals surface area contributed by atoms with Crippen molar-refractivity contribution >= 4 is 6.09 Å². The number of hydrogen-bond acceptors (Lipinski definition) is 3. The lowest BCUT2D eigenvalue weighted by Crippen LogP contribution is -2.44. The molecule has 0 aromatic heterocycles. The molecule has 0 aromatic rings. The Morgan fingerprint density at radius 2 is 2.40 bits per heavy atom. The van der Waals surface area contributed by atoms with Crippen LogP contribution in [0.1, 0.15) is 13.8 Å².